The largest absolute Gasteiger partial charge is 0.449 e. The van der Waals surface area contributed by atoms with E-state index in [0.717, 1.165) is 10.6 Å². The first-order valence-corrected chi connectivity index (χ1v) is 9.73. The molecule has 0 unspecified atom stereocenters. The van der Waals surface area contributed by atoms with Crippen molar-refractivity contribution in [3.05, 3.63) is 94.7 Å². The van der Waals surface area contributed by atoms with Gasteiger partial charge in [-0.3, -0.25) is 9.78 Å². The molecule has 2 aromatic carbocycles. The number of rotatable bonds is 4. The normalized spacial score (nSPS) is 10.7. The molecule has 0 aliphatic rings. The first kappa shape index (κ1) is 20.9. The Morgan fingerprint density at radius 1 is 1.06 bits per heavy atom. The van der Waals surface area contributed by atoms with Gasteiger partial charge in [-0.05, 0) is 61.0 Å². The van der Waals surface area contributed by atoms with E-state index in [1.54, 1.807) is 37.4 Å². The second-order valence-corrected chi connectivity index (χ2v) is 6.72. The molecule has 4 rings (SSSR count). The Hall–Kier alpha value is -4.33. The van der Waals surface area contributed by atoms with Gasteiger partial charge in [0.1, 0.15) is 11.6 Å². The summed E-state index contributed by atoms with van der Waals surface area (Å²) >= 11 is 0. The SMILES string of the molecule is CCOC(=O)n1c(-c2ccc(OC(=O)c3cccnc3)cc2)cc(=O)c2c(F)cccc21. The third-order valence-corrected chi connectivity index (χ3v) is 4.70. The number of hydrogen-bond donors (Lipinski definition) is 0. The number of esters is 1. The summed E-state index contributed by atoms with van der Waals surface area (Å²) in [5.74, 6) is -1.04. The molecular weight excluding hydrogens is 415 g/mol. The molecule has 0 aliphatic carbocycles. The van der Waals surface area contributed by atoms with Gasteiger partial charge in [0, 0.05) is 18.5 Å². The van der Waals surface area contributed by atoms with Crippen molar-refractivity contribution in [3.8, 4) is 17.0 Å². The van der Waals surface area contributed by atoms with Gasteiger partial charge in [-0.1, -0.05) is 6.07 Å². The second kappa shape index (κ2) is 8.81. The van der Waals surface area contributed by atoms with Gasteiger partial charge in [0.25, 0.3) is 0 Å². The summed E-state index contributed by atoms with van der Waals surface area (Å²) in [6, 6.07) is 14.7. The van der Waals surface area contributed by atoms with Crippen molar-refractivity contribution in [3.63, 3.8) is 0 Å². The van der Waals surface area contributed by atoms with Crippen molar-refractivity contribution in [2.24, 2.45) is 0 Å². The van der Waals surface area contributed by atoms with Crippen LogP contribution in [0.2, 0.25) is 0 Å². The highest BCUT2D eigenvalue weighted by Crippen LogP contribution is 2.26. The van der Waals surface area contributed by atoms with Crippen molar-refractivity contribution in [1.29, 1.82) is 0 Å². The van der Waals surface area contributed by atoms with Crippen LogP contribution in [0.4, 0.5) is 9.18 Å². The van der Waals surface area contributed by atoms with Crippen LogP contribution < -0.4 is 10.2 Å². The van der Waals surface area contributed by atoms with E-state index >= 15 is 0 Å². The Labute approximate surface area is 181 Å². The molecular formula is C24H17FN2O5. The van der Waals surface area contributed by atoms with E-state index in [1.165, 1.54) is 36.5 Å². The Morgan fingerprint density at radius 2 is 1.84 bits per heavy atom. The number of aromatic nitrogens is 2. The summed E-state index contributed by atoms with van der Waals surface area (Å²) in [5, 5.41) is -0.202. The van der Waals surface area contributed by atoms with Crippen LogP contribution >= 0.6 is 0 Å². The Bertz CT molecular complexity index is 1370. The molecule has 4 aromatic rings. The van der Waals surface area contributed by atoms with Crippen LogP contribution in [0.3, 0.4) is 0 Å². The number of carbonyl (C=O) groups excluding carboxylic acids is 2. The van der Waals surface area contributed by atoms with Crippen molar-refractivity contribution in [1.82, 2.24) is 9.55 Å². The van der Waals surface area contributed by atoms with Crippen LogP contribution in [0, 0.1) is 5.82 Å². The maximum absolute atomic E-state index is 14.3. The summed E-state index contributed by atoms with van der Waals surface area (Å²) in [4.78, 5) is 41.4. The van der Waals surface area contributed by atoms with Crippen molar-refractivity contribution in [2.45, 2.75) is 6.92 Å². The first-order chi connectivity index (χ1) is 15.5. The lowest BCUT2D eigenvalue weighted by Crippen LogP contribution is -2.20. The highest BCUT2D eigenvalue weighted by molar-refractivity contribution is 5.93. The van der Waals surface area contributed by atoms with E-state index in [0.29, 0.717) is 11.1 Å². The molecule has 8 heteroatoms. The quantitative estimate of drug-likeness (QED) is 0.350. The fraction of sp³-hybridized carbons (Fsp3) is 0.0833. The van der Waals surface area contributed by atoms with E-state index < -0.39 is 23.3 Å². The molecule has 7 nitrogen and oxygen atoms in total. The maximum atomic E-state index is 14.3. The lowest BCUT2D eigenvalue weighted by Gasteiger charge is -2.16. The average molecular weight is 432 g/mol. The third-order valence-electron chi connectivity index (χ3n) is 4.70. The topological polar surface area (TPSA) is 87.5 Å². The number of ether oxygens (including phenoxy) is 2. The minimum atomic E-state index is -0.745. The van der Waals surface area contributed by atoms with Crippen LogP contribution in [0.1, 0.15) is 17.3 Å². The highest BCUT2D eigenvalue weighted by Gasteiger charge is 2.19. The second-order valence-electron chi connectivity index (χ2n) is 6.72. The number of nitrogens with zero attached hydrogens (tertiary/aromatic N) is 2. The lowest BCUT2D eigenvalue weighted by molar-refractivity contribution is 0.0734. The van der Waals surface area contributed by atoms with Gasteiger partial charge in [0.05, 0.1) is 28.8 Å². The van der Waals surface area contributed by atoms with Crippen LogP contribution in [0.15, 0.2) is 77.9 Å². The van der Waals surface area contributed by atoms with E-state index in [-0.39, 0.29) is 29.0 Å². The van der Waals surface area contributed by atoms with Crippen molar-refractivity contribution in [2.75, 3.05) is 6.61 Å². The van der Waals surface area contributed by atoms with Crippen LogP contribution in [-0.4, -0.2) is 28.2 Å². The molecule has 0 N–H and O–H groups in total. The molecule has 0 fully saturated rings. The van der Waals surface area contributed by atoms with Crippen LogP contribution in [-0.2, 0) is 4.74 Å². The predicted octanol–water partition coefficient (Wildman–Crippen LogP) is 4.43. The van der Waals surface area contributed by atoms with Gasteiger partial charge in [0.15, 0.2) is 5.43 Å². The zero-order valence-corrected chi connectivity index (χ0v) is 16.9. The molecule has 0 atom stereocenters. The summed E-state index contributed by atoms with van der Waals surface area (Å²) in [6.07, 6.45) is 2.19. The van der Waals surface area contributed by atoms with Gasteiger partial charge in [-0.25, -0.2) is 18.5 Å². The van der Waals surface area contributed by atoms with Crippen LogP contribution in [0.25, 0.3) is 22.2 Å². The molecule has 0 saturated heterocycles. The minimum Gasteiger partial charge on any atom is -0.449 e. The fourth-order valence-corrected chi connectivity index (χ4v) is 3.27. The molecule has 0 spiro atoms. The van der Waals surface area contributed by atoms with E-state index in [1.807, 2.05) is 0 Å². The standard InChI is InChI=1S/C24H17FN2O5/c1-2-31-24(30)27-19-7-3-6-18(25)22(19)21(28)13-20(27)15-8-10-17(11-9-15)32-23(29)16-5-4-12-26-14-16/h3-14H,2H2,1H3. The third kappa shape index (κ3) is 3.98. The predicted molar refractivity (Wildman–Crippen MR) is 115 cm³/mol. The monoisotopic (exact) mass is 432 g/mol. The van der Waals surface area contributed by atoms with Gasteiger partial charge in [-0.15, -0.1) is 0 Å². The fourth-order valence-electron chi connectivity index (χ4n) is 3.27. The molecule has 0 saturated carbocycles. The molecule has 0 radical (unpaired) electrons. The van der Waals surface area contributed by atoms with Gasteiger partial charge in [0.2, 0.25) is 0 Å². The number of carbonyl (C=O) groups is 2. The number of hydrogen-bond acceptors (Lipinski definition) is 6. The number of benzene rings is 2. The summed E-state index contributed by atoms with van der Waals surface area (Å²) < 4.78 is 25.9. The Balaban J connectivity index is 1.76. The van der Waals surface area contributed by atoms with Gasteiger partial charge >= 0.3 is 12.1 Å². The number of halogens is 1. The summed E-state index contributed by atoms with van der Waals surface area (Å²) in [6.45, 7) is 1.75. The number of pyridine rings is 2. The molecule has 0 amide bonds. The Kier molecular flexibility index (Phi) is 5.76. The van der Waals surface area contributed by atoms with Gasteiger partial charge in [-0.2, -0.15) is 0 Å². The minimum absolute atomic E-state index is 0.0954. The molecule has 160 valence electrons. The lowest BCUT2D eigenvalue weighted by atomic mass is 10.1. The molecule has 0 bridgehead atoms. The molecule has 2 aromatic heterocycles. The molecule has 2 heterocycles. The zero-order chi connectivity index (χ0) is 22.7. The Morgan fingerprint density at radius 3 is 2.53 bits per heavy atom. The van der Waals surface area contributed by atoms with E-state index in [4.69, 9.17) is 9.47 Å². The molecule has 0 aliphatic heterocycles. The summed E-state index contributed by atoms with van der Waals surface area (Å²) in [5.41, 5.74) is 0.516. The van der Waals surface area contributed by atoms with Crippen molar-refractivity contribution < 1.29 is 23.5 Å². The van der Waals surface area contributed by atoms with Crippen molar-refractivity contribution >= 4 is 23.0 Å². The van der Waals surface area contributed by atoms with E-state index in [2.05, 4.69) is 4.98 Å². The van der Waals surface area contributed by atoms with Crippen LogP contribution in [0.5, 0.6) is 5.75 Å². The van der Waals surface area contributed by atoms with Gasteiger partial charge < -0.3 is 9.47 Å². The summed E-state index contributed by atoms with van der Waals surface area (Å²) in [7, 11) is 0. The maximum Gasteiger partial charge on any atom is 0.418 e. The van der Waals surface area contributed by atoms with E-state index in [9.17, 15) is 18.8 Å². The molecule has 32 heavy (non-hydrogen) atoms. The zero-order valence-electron chi connectivity index (χ0n) is 16.9. The average Bonchev–Trinajstić information content (AvgIpc) is 2.80. The first-order valence-electron chi connectivity index (χ1n) is 9.73. The highest BCUT2D eigenvalue weighted by atomic mass is 19.1. The smallest absolute Gasteiger partial charge is 0.418 e. The number of fused-ring (bicyclic) bond motifs is 1.